The van der Waals surface area contributed by atoms with Gasteiger partial charge in [-0.2, -0.15) is 4.37 Å². The lowest BCUT2D eigenvalue weighted by Gasteiger charge is -2.27. The van der Waals surface area contributed by atoms with Crippen LogP contribution >= 0.6 is 11.5 Å². The standard InChI is InChI=1S/C21H25FN4O2S/c1-3-15(2)26(11-10-20(27)23-14-18-5-4-12-28-18)21-24-19(25-29-21)13-16-6-8-17(22)9-7-16/h4-9,12,15H,3,10-11,13-14H2,1-2H3,(H,23,27)/t15-/m1/s1. The number of aromatic nitrogens is 2. The van der Waals surface area contributed by atoms with Gasteiger partial charge >= 0.3 is 0 Å². The molecule has 0 unspecified atom stereocenters. The van der Waals surface area contributed by atoms with Gasteiger partial charge in [-0.1, -0.05) is 19.1 Å². The Hall–Kier alpha value is -2.74. The van der Waals surface area contributed by atoms with Crippen LogP contribution in [0.15, 0.2) is 47.1 Å². The first-order valence-corrected chi connectivity index (χ1v) is 10.4. The van der Waals surface area contributed by atoms with E-state index in [1.165, 1.54) is 23.7 Å². The molecule has 0 fully saturated rings. The zero-order chi connectivity index (χ0) is 20.6. The fourth-order valence-corrected chi connectivity index (χ4v) is 3.67. The van der Waals surface area contributed by atoms with Crippen LogP contribution in [0.5, 0.6) is 0 Å². The fourth-order valence-electron chi connectivity index (χ4n) is 2.85. The van der Waals surface area contributed by atoms with Gasteiger partial charge in [0.2, 0.25) is 11.0 Å². The lowest BCUT2D eigenvalue weighted by Crippen LogP contribution is -2.36. The van der Waals surface area contributed by atoms with Gasteiger partial charge in [-0.25, -0.2) is 9.37 Å². The molecule has 3 rings (SSSR count). The van der Waals surface area contributed by atoms with Crippen molar-refractivity contribution in [2.75, 3.05) is 11.4 Å². The van der Waals surface area contributed by atoms with Crippen LogP contribution in [0.2, 0.25) is 0 Å². The van der Waals surface area contributed by atoms with Crippen LogP contribution in [-0.2, 0) is 17.8 Å². The smallest absolute Gasteiger partial charge is 0.222 e. The van der Waals surface area contributed by atoms with Gasteiger partial charge in [0.1, 0.15) is 17.4 Å². The van der Waals surface area contributed by atoms with Gasteiger partial charge in [0.05, 0.1) is 12.8 Å². The van der Waals surface area contributed by atoms with Gasteiger partial charge in [-0.15, -0.1) is 0 Å². The zero-order valence-electron chi connectivity index (χ0n) is 16.6. The summed E-state index contributed by atoms with van der Waals surface area (Å²) in [5, 5.41) is 3.67. The van der Waals surface area contributed by atoms with E-state index in [1.54, 1.807) is 24.5 Å². The Morgan fingerprint density at radius 1 is 1.31 bits per heavy atom. The molecule has 0 aliphatic carbocycles. The molecule has 0 aliphatic rings. The zero-order valence-corrected chi connectivity index (χ0v) is 17.4. The first-order chi connectivity index (χ1) is 14.0. The third-order valence-electron chi connectivity index (χ3n) is 4.72. The van der Waals surface area contributed by atoms with Crippen molar-refractivity contribution in [2.24, 2.45) is 0 Å². The number of furan rings is 1. The van der Waals surface area contributed by atoms with Crippen molar-refractivity contribution < 1.29 is 13.6 Å². The van der Waals surface area contributed by atoms with E-state index in [4.69, 9.17) is 4.42 Å². The Kier molecular flexibility index (Phi) is 7.35. The first-order valence-electron chi connectivity index (χ1n) is 9.68. The van der Waals surface area contributed by atoms with Crippen LogP contribution in [0.1, 0.15) is 43.8 Å². The highest BCUT2D eigenvalue weighted by Crippen LogP contribution is 2.22. The van der Waals surface area contributed by atoms with E-state index >= 15 is 0 Å². The van der Waals surface area contributed by atoms with Crippen LogP contribution < -0.4 is 10.2 Å². The number of carbonyl (C=O) groups excluding carboxylic acids is 1. The minimum absolute atomic E-state index is 0.0363. The highest BCUT2D eigenvalue weighted by atomic mass is 32.1. The molecule has 0 radical (unpaired) electrons. The topological polar surface area (TPSA) is 71.3 Å². The molecule has 1 atom stereocenters. The number of hydrogen-bond donors (Lipinski definition) is 1. The molecule has 1 amide bonds. The monoisotopic (exact) mass is 416 g/mol. The number of anilines is 1. The third kappa shape index (κ3) is 6.12. The molecule has 2 aromatic heterocycles. The summed E-state index contributed by atoms with van der Waals surface area (Å²) in [4.78, 5) is 19.0. The lowest BCUT2D eigenvalue weighted by molar-refractivity contribution is -0.121. The van der Waals surface area contributed by atoms with Crippen LogP contribution in [-0.4, -0.2) is 27.9 Å². The summed E-state index contributed by atoms with van der Waals surface area (Å²) in [5.74, 6) is 1.14. The van der Waals surface area contributed by atoms with Crippen molar-refractivity contribution in [3.8, 4) is 0 Å². The average molecular weight is 417 g/mol. The Balaban J connectivity index is 1.58. The number of halogens is 1. The Morgan fingerprint density at radius 3 is 2.79 bits per heavy atom. The van der Waals surface area contributed by atoms with Gasteiger partial charge in [0.25, 0.3) is 0 Å². The van der Waals surface area contributed by atoms with Gasteiger partial charge < -0.3 is 14.6 Å². The van der Waals surface area contributed by atoms with E-state index in [2.05, 4.69) is 33.4 Å². The van der Waals surface area contributed by atoms with Crippen molar-refractivity contribution >= 4 is 22.6 Å². The number of hydrogen-bond acceptors (Lipinski definition) is 6. The Labute approximate surface area is 173 Å². The molecular weight excluding hydrogens is 391 g/mol. The van der Waals surface area contributed by atoms with Gasteiger partial charge in [-0.05, 0) is 43.2 Å². The van der Waals surface area contributed by atoms with Crippen molar-refractivity contribution in [1.82, 2.24) is 14.7 Å². The molecule has 0 aliphatic heterocycles. The highest BCUT2D eigenvalue weighted by molar-refractivity contribution is 7.09. The molecule has 1 aromatic carbocycles. The number of benzene rings is 1. The van der Waals surface area contributed by atoms with Crippen LogP contribution in [0.25, 0.3) is 0 Å². The Morgan fingerprint density at radius 2 is 2.10 bits per heavy atom. The predicted molar refractivity (Wildman–Crippen MR) is 111 cm³/mol. The molecule has 29 heavy (non-hydrogen) atoms. The molecule has 0 bridgehead atoms. The van der Waals surface area contributed by atoms with E-state index in [0.29, 0.717) is 31.8 Å². The van der Waals surface area contributed by atoms with Gasteiger partial charge in [-0.3, -0.25) is 4.79 Å². The minimum atomic E-state index is -0.256. The second-order valence-corrected chi connectivity index (χ2v) is 7.58. The van der Waals surface area contributed by atoms with Crippen molar-refractivity contribution in [2.45, 2.75) is 45.7 Å². The second kappa shape index (κ2) is 10.2. The molecular formula is C21H25FN4O2S. The number of carbonyl (C=O) groups is 1. The summed E-state index contributed by atoms with van der Waals surface area (Å²) in [6, 6.07) is 10.2. The molecule has 2 heterocycles. The van der Waals surface area contributed by atoms with E-state index in [1.807, 2.05) is 6.07 Å². The largest absolute Gasteiger partial charge is 0.467 e. The quantitative estimate of drug-likeness (QED) is 0.537. The molecule has 0 saturated carbocycles. The average Bonchev–Trinajstić information content (AvgIpc) is 3.40. The molecule has 0 spiro atoms. The van der Waals surface area contributed by atoms with Crippen LogP contribution in [0, 0.1) is 5.82 Å². The number of nitrogens with zero attached hydrogens (tertiary/aromatic N) is 3. The van der Waals surface area contributed by atoms with Gasteiger partial charge in [0.15, 0.2) is 0 Å². The maximum atomic E-state index is 13.1. The maximum absolute atomic E-state index is 13.1. The SMILES string of the molecule is CC[C@@H](C)N(CCC(=O)NCc1ccco1)c1nc(Cc2ccc(F)cc2)ns1. The first kappa shape index (κ1) is 21.0. The lowest BCUT2D eigenvalue weighted by atomic mass is 10.1. The van der Waals surface area contributed by atoms with E-state index in [9.17, 15) is 9.18 Å². The molecule has 3 aromatic rings. The minimum Gasteiger partial charge on any atom is -0.467 e. The normalized spacial score (nSPS) is 12.0. The van der Waals surface area contributed by atoms with Crippen LogP contribution in [0.3, 0.4) is 0 Å². The van der Waals surface area contributed by atoms with E-state index in [-0.39, 0.29) is 17.8 Å². The van der Waals surface area contributed by atoms with Crippen molar-refractivity contribution in [1.29, 1.82) is 0 Å². The van der Waals surface area contributed by atoms with Crippen LogP contribution in [0.4, 0.5) is 9.52 Å². The third-order valence-corrected chi connectivity index (χ3v) is 5.51. The van der Waals surface area contributed by atoms with Gasteiger partial charge in [0, 0.05) is 37.0 Å². The molecule has 0 saturated heterocycles. The predicted octanol–water partition coefficient (Wildman–Crippen LogP) is 4.17. The Bertz CT molecular complexity index is 896. The summed E-state index contributed by atoms with van der Waals surface area (Å²) in [7, 11) is 0. The van der Waals surface area contributed by atoms with Crippen molar-refractivity contribution in [3.63, 3.8) is 0 Å². The maximum Gasteiger partial charge on any atom is 0.222 e. The second-order valence-electron chi connectivity index (χ2n) is 6.85. The molecule has 154 valence electrons. The summed E-state index contributed by atoms with van der Waals surface area (Å²) in [6.07, 6.45) is 3.43. The summed E-state index contributed by atoms with van der Waals surface area (Å²) in [5.41, 5.74) is 0.961. The summed E-state index contributed by atoms with van der Waals surface area (Å²) in [6.45, 7) is 5.16. The van der Waals surface area contributed by atoms with E-state index < -0.39 is 0 Å². The summed E-state index contributed by atoms with van der Waals surface area (Å²) >= 11 is 1.33. The molecule has 1 N–H and O–H groups in total. The highest BCUT2D eigenvalue weighted by Gasteiger charge is 2.19. The number of rotatable bonds is 10. The summed E-state index contributed by atoms with van der Waals surface area (Å²) < 4.78 is 22.8. The number of nitrogens with one attached hydrogen (secondary N) is 1. The van der Waals surface area contributed by atoms with Crippen molar-refractivity contribution in [3.05, 3.63) is 65.6 Å². The van der Waals surface area contributed by atoms with E-state index in [0.717, 1.165) is 22.9 Å². The number of amides is 1. The fraction of sp³-hybridized carbons (Fsp3) is 0.381. The molecule has 8 heteroatoms. The molecule has 6 nitrogen and oxygen atoms in total.